The number of halogens is 1. The molecule has 0 unspecified atom stereocenters. The van der Waals surface area contributed by atoms with Crippen LogP contribution in [0.3, 0.4) is 0 Å². The minimum Gasteiger partial charge on any atom is -0.353 e. The first-order valence-corrected chi connectivity index (χ1v) is 7.98. The lowest BCUT2D eigenvalue weighted by Gasteiger charge is -2.28. The molecular formula is C16H18ClN3O3. The van der Waals surface area contributed by atoms with Gasteiger partial charge in [-0.1, -0.05) is 23.7 Å². The van der Waals surface area contributed by atoms with Gasteiger partial charge in [0.15, 0.2) is 0 Å². The zero-order valence-electron chi connectivity index (χ0n) is 12.6. The topological polar surface area (TPSA) is 69.7 Å². The second kappa shape index (κ2) is 6.58. The predicted molar refractivity (Wildman–Crippen MR) is 85.0 cm³/mol. The number of carbonyl (C=O) groups excluding carboxylic acids is 3. The number of benzene rings is 1. The molecule has 2 fully saturated rings. The van der Waals surface area contributed by atoms with Crippen LogP contribution in [0.5, 0.6) is 0 Å². The fourth-order valence-corrected chi connectivity index (χ4v) is 3.12. The van der Waals surface area contributed by atoms with Gasteiger partial charge < -0.3 is 15.1 Å². The first kappa shape index (κ1) is 15.8. The zero-order valence-corrected chi connectivity index (χ0v) is 13.4. The molecule has 2 aliphatic heterocycles. The number of amides is 3. The standard InChI is InChI=1S/C16H18ClN3O3/c17-13-3-1-11(2-4-13)12-7-15(22)20(8-12)10-16(23)19-6-5-18-14(21)9-19/h1-4,12H,5-10H2,(H,18,21)/t12-/m0/s1. The van der Waals surface area contributed by atoms with Crippen molar-refractivity contribution < 1.29 is 14.4 Å². The van der Waals surface area contributed by atoms with Crippen molar-refractivity contribution in [3.05, 3.63) is 34.9 Å². The van der Waals surface area contributed by atoms with Gasteiger partial charge in [0.25, 0.3) is 0 Å². The van der Waals surface area contributed by atoms with Gasteiger partial charge >= 0.3 is 0 Å². The summed E-state index contributed by atoms with van der Waals surface area (Å²) in [6.07, 6.45) is 0.398. The van der Waals surface area contributed by atoms with Crippen LogP contribution in [0.4, 0.5) is 0 Å². The Morgan fingerprint density at radius 1 is 1.26 bits per heavy atom. The number of hydrogen-bond donors (Lipinski definition) is 1. The molecule has 122 valence electrons. The van der Waals surface area contributed by atoms with E-state index in [4.69, 9.17) is 11.6 Å². The highest BCUT2D eigenvalue weighted by Gasteiger charge is 2.33. The van der Waals surface area contributed by atoms with Crippen LogP contribution in [-0.2, 0) is 14.4 Å². The summed E-state index contributed by atoms with van der Waals surface area (Å²) in [6.45, 7) is 1.59. The molecule has 6 nitrogen and oxygen atoms in total. The molecule has 23 heavy (non-hydrogen) atoms. The Labute approximate surface area is 139 Å². The first-order valence-electron chi connectivity index (χ1n) is 7.60. The second-order valence-electron chi connectivity index (χ2n) is 5.89. The number of carbonyl (C=O) groups is 3. The molecule has 3 rings (SSSR count). The number of likely N-dealkylation sites (tertiary alicyclic amines) is 1. The highest BCUT2D eigenvalue weighted by molar-refractivity contribution is 6.30. The number of nitrogens with zero attached hydrogens (tertiary/aromatic N) is 2. The summed E-state index contributed by atoms with van der Waals surface area (Å²) >= 11 is 5.88. The fraction of sp³-hybridized carbons (Fsp3) is 0.438. The van der Waals surface area contributed by atoms with E-state index in [0.717, 1.165) is 5.56 Å². The third kappa shape index (κ3) is 3.64. The lowest BCUT2D eigenvalue weighted by molar-refractivity contribution is -0.141. The van der Waals surface area contributed by atoms with Crippen molar-refractivity contribution in [3.63, 3.8) is 0 Å². The van der Waals surface area contributed by atoms with Gasteiger partial charge in [0.1, 0.15) is 0 Å². The first-order chi connectivity index (χ1) is 11.0. The lowest BCUT2D eigenvalue weighted by atomic mass is 9.98. The summed E-state index contributed by atoms with van der Waals surface area (Å²) in [5.74, 6) is -0.279. The third-order valence-corrected chi connectivity index (χ3v) is 4.53. The second-order valence-corrected chi connectivity index (χ2v) is 6.33. The molecule has 3 amide bonds. The number of rotatable bonds is 3. The fourth-order valence-electron chi connectivity index (χ4n) is 3.00. The normalized spacial score (nSPS) is 21.5. The van der Waals surface area contributed by atoms with Gasteiger partial charge in [-0.3, -0.25) is 14.4 Å². The summed E-state index contributed by atoms with van der Waals surface area (Å²) in [5, 5.41) is 3.34. The smallest absolute Gasteiger partial charge is 0.242 e. The van der Waals surface area contributed by atoms with E-state index in [0.29, 0.717) is 31.1 Å². The van der Waals surface area contributed by atoms with Gasteiger partial charge in [-0.2, -0.15) is 0 Å². The maximum absolute atomic E-state index is 12.3. The molecule has 0 aromatic heterocycles. The van der Waals surface area contributed by atoms with Crippen molar-refractivity contribution in [1.29, 1.82) is 0 Å². The molecule has 2 aliphatic rings. The molecule has 0 spiro atoms. The van der Waals surface area contributed by atoms with Crippen LogP contribution < -0.4 is 5.32 Å². The van der Waals surface area contributed by atoms with E-state index in [1.165, 1.54) is 4.90 Å². The number of nitrogens with one attached hydrogen (secondary N) is 1. The van der Waals surface area contributed by atoms with Crippen molar-refractivity contribution in [1.82, 2.24) is 15.1 Å². The maximum atomic E-state index is 12.3. The largest absolute Gasteiger partial charge is 0.353 e. The Morgan fingerprint density at radius 2 is 2.00 bits per heavy atom. The molecule has 1 N–H and O–H groups in total. The highest BCUT2D eigenvalue weighted by atomic mass is 35.5. The van der Waals surface area contributed by atoms with Crippen LogP contribution in [-0.4, -0.2) is 60.2 Å². The average Bonchev–Trinajstić information content (AvgIpc) is 2.89. The minimum absolute atomic E-state index is 0.0280. The number of piperazine rings is 1. The Bertz CT molecular complexity index is 632. The predicted octanol–water partition coefficient (Wildman–Crippen LogP) is 0.614. The summed E-state index contributed by atoms with van der Waals surface area (Å²) in [7, 11) is 0. The van der Waals surface area contributed by atoms with Crippen LogP contribution >= 0.6 is 11.6 Å². The summed E-state index contributed by atoms with van der Waals surface area (Å²) in [6, 6.07) is 7.45. The average molecular weight is 336 g/mol. The molecule has 1 atom stereocenters. The zero-order chi connectivity index (χ0) is 16.4. The van der Waals surface area contributed by atoms with E-state index in [1.807, 2.05) is 24.3 Å². The van der Waals surface area contributed by atoms with Gasteiger partial charge in [0, 0.05) is 37.0 Å². The van der Waals surface area contributed by atoms with Crippen molar-refractivity contribution in [2.75, 3.05) is 32.7 Å². The summed E-state index contributed by atoms with van der Waals surface area (Å²) in [4.78, 5) is 38.9. The molecule has 2 heterocycles. The molecular weight excluding hydrogens is 318 g/mol. The van der Waals surface area contributed by atoms with Crippen LogP contribution in [0, 0.1) is 0 Å². The highest BCUT2D eigenvalue weighted by Crippen LogP contribution is 2.28. The number of hydrogen-bond acceptors (Lipinski definition) is 3. The SMILES string of the molecule is O=C1CN(C(=O)CN2C[C@@H](c3ccc(Cl)cc3)CC2=O)CCN1. The molecule has 0 radical (unpaired) electrons. The molecule has 7 heteroatoms. The Kier molecular flexibility index (Phi) is 4.52. The summed E-state index contributed by atoms with van der Waals surface area (Å²) < 4.78 is 0. The van der Waals surface area contributed by atoms with Crippen LogP contribution in [0.2, 0.25) is 5.02 Å². The van der Waals surface area contributed by atoms with E-state index in [-0.39, 0.29) is 36.7 Å². The molecule has 1 aromatic rings. The Morgan fingerprint density at radius 3 is 2.70 bits per heavy atom. The van der Waals surface area contributed by atoms with Crippen LogP contribution in [0.25, 0.3) is 0 Å². The van der Waals surface area contributed by atoms with Crippen molar-refractivity contribution in [3.8, 4) is 0 Å². The van der Waals surface area contributed by atoms with Crippen molar-refractivity contribution in [2.45, 2.75) is 12.3 Å². The minimum atomic E-state index is -0.176. The van der Waals surface area contributed by atoms with E-state index < -0.39 is 0 Å². The van der Waals surface area contributed by atoms with Gasteiger partial charge in [-0.05, 0) is 17.7 Å². The molecule has 0 saturated carbocycles. The van der Waals surface area contributed by atoms with Crippen molar-refractivity contribution in [2.24, 2.45) is 0 Å². The lowest BCUT2D eigenvalue weighted by Crippen LogP contribution is -2.52. The van der Waals surface area contributed by atoms with Crippen molar-refractivity contribution >= 4 is 29.3 Å². The molecule has 0 aliphatic carbocycles. The molecule has 0 bridgehead atoms. The monoisotopic (exact) mass is 335 g/mol. The van der Waals surface area contributed by atoms with Crippen LogP contribution in [0.1, 0.15) is 17.9 Å². The van der Waals surface area contributed by atoms with Gasteiger partial charge in [-0.15, -0.1) is 0 Å². The van der Waals surface area contributed by atoms with E-state index >= 15 is 0 Å². The summed E-state index contributed by atoms with van der Waals surface area (Å²) in [5.41, 5.74) is 1.05. The molecule has 1 aromatic carbocycles. The van der Waals surface area contributed by atoms with Crippen LogP contribution in [0.15, 0.2) is 24.3 Å². The molecule has 2 saturated heterocycles. The Balaban J connectivity index is 1.60. The maximum Gasteiger partial charge on any atom is 0.242 e. The quantitative estimate of drug-likeness (QED) is 0.880. The van der Waals surface area contributed by atoms with Gasteiger partial charge in [0.05, 0.1) is 13.1 Å². The van der Waals surface area contributed by atoms with Gasteiger partial charge in [-0.25, -0.2) is 0 Å². The van der Waals surface area contributed by atoms with E-state index in [2.05, 4.69) is 5.32 Å². The Hall–Kier alpha value is -2.08. The van der Waals surface area contributed by atoms with Gasteiger partial charge in [0.2, 0.25) is 17.7 Å². The third-order valence-electron chi connectivity index (χ3n) is 4.27. The van der Waals surface area contributed by atoms with E-state index in [9.17, 15) is 14.4 Å². The van der Waals surface area contributed by atoms with E-state index in [1.54, 1.807) is 4.90 Å².